The van der Waals surface area contributed by atoms with Crippen molar-refractivity contribution >= 4 is 17.5 Å². The van der Waals surface area contributed by atoms with Crippen molar-refractivity contribution in [3.8, 4) is 11.4 Å². The molecule has 2 aromatic carbocycles. The van der Waals surface area contributed by atoms with Gasteiger partial charge in [0.2, 0.25) is 17.6 Å². The van der Waals surface area contributed by atoms with Crippen LogP contribution in [0.15, 0.2) is 59.1 Å². The van der Waals surface area contributed by atoms with Crippen molar-refractivity contribution in [1.29, 1.82) is 0 Å². The molecule has 1 aromatic heterocycles. The van der Waals surface area contributed by atoms with Gasteiger partial charge in [-0.25, -0.2) is 0 Å². The average molecular weight is 414 g/mol. The van der Waals surface area contributed by atoms with E-state index in [0.29, 0.717) is 29.6 Å². The molecule has 4 N–H and O–H groups in total. The lowest BCUT2D eigenvalue weighted by Gasteiger charge is -2.15. The van der Waals surface area contributed by atoms with E-state index in [1.54, 1.807) is 12.1 Å². The number of carbonyl (C=O) groups excluding carboxylic acids is 1. The SMILES string of the molecule is [NH3+]CCCCCC(=O)N[C@H](Cc1ccccc1)c1nc(-c2cccc(Cl)c2)no1. The molecule has 0 radical (unpaired) electrons. The number of benzene rings is 2. The first-order chi connectivity index (χ1) is 14.2. The fourth-order valence-corrected chi connectivity index (χ4v) is 3.27. The molecule has 29 heavy (non-hydrogen) atoms. The number of hydrogen-bond donors (Lipinski definition) is 2. The third-order valence-electron chi connectivity index (χ3n) is 4.59. The van der Waals surface area contributed by atoms with Crippen LogP contribution in [0.2, 0.25) is 5.02 Å². The summed E-state index contributed by atoms with van der Waals surface area (Å²) in [6, 6.07) is 16.8. The Hall–Kier alpha value is -2.70. The van der Waals surface area contributed by atoms with E-state index in [0.717, 1.165) is 36.9 Å². The average Bonchev–Trinajstić information content (AvgIpc) is 3.22. The van der Waals surface area contributed by atoms with Crippen LogP contribution in [0.25, 0.3) is 11.4 Å². The van der Waals surface area contributed by atoms with Crippen LogP contribution in [0.3, 0.4) is 0 Å². The van der Waals surface area contributed by atoms with Crippen LogP contribution in [0.1, 0.15) is 43.2 Å². The molecular weight excluding hydrogens is 388 g/mol. The van der Waals surface area contributed by atoms with Crippen LogP contribution in [0.4, 0.5) is 0 Å². The third-order valence-corrected chi connectivity index (χ3v) is 4.83. The van der Waals surface area contributed by atoms with Crippen molar-refractivity contribution in [3.05, 3.63) is 71.1 Å². The summed E-state index contributed by atoms with van der Waals surface area (Å²) >= 11 is 6.06. The van der Waals surface area contributed by atoms with Gasteiger partial charge in [-0.15, -0.1) is 0 Å². The Morgan fingerprint density at radius 2 is 1.93 bits per heavy atom. The second kappa shape index (κ2) is 10.7. The van der Waals surface area contributed by atoms with Gasteiger partial charge in [-0.05, 0) is 37.0 Å². The number of amides is 1. The Labute approximate surface area is 175 Å². The molecule has 0 fully saturated rings. The number of unbranched alkanes of at least 4 members (excludes halogenated alkanes) is 2. The normalized spacial score (nSPS) is 11.9. The monoisotopic (exact) mass is 413 g/mol. The molecule has 1 heterocycles. The molecule has 0 aliphatic rings. The summed E-state index contributed by atoms with van der Waals surface area (Å²) in [5.41, 5.74) is 5.68. The summed E-state index contributed by atoms with van der Waals surface area (Å²) in [7, 11) is 0. The van der Waals surface area contributed by atoms with Crippen molar-refractivity contribution < 1.29 is 15.1 Å². The standard InChI is InChI=1S/C22H25ClN4O2/c23-18-11-7-10-17(15-18)21-26-22(29-27-21)19(14-16-8-3-1-4-9-16)25-20(28)12-5-2-6-13-24/h1,3-4,7-11,15,19H,2,5-6,12-14,24H2,(H,25,28)/p+1/t19-/m1/s1. The third kappa shape index (κ3) is 6.41. The zero-order chi connectivity index (χ0) is 20.5. The van der Waals surface area contributed by atoms with Crippen LogP contribution in [-0.4, -0.2) is 22.6 Å². The van der Waals surface area contributed by atoms with E-state index in [1.165, 1.54) is 0 Å². The molecule has 6 nitrogen and oxygen atoms in total. The highest BCUT2D eigenvalue weighted by atomic mass is 35.5. The van der Waals surface area contributed by atoms with E-state index in [2.05, 4.69) is 21.2 Å². The van der Waals surface area contributed by atoms with E-state index in [-0.39, 0.29) is 5.91 Å². The predicted octanol–water partition coefficient (Wildman–Crippen LogP) is 3.59. The minimum absolute atomic E-state index is 0.0162. The Morgan fingerprint density at radius 1 is 1.10 bits per heavy atom. The van der Waals surface area contributed by atoms with Crippen LogP contribution in [-0.2, 0) is 11.2 Å². The highest BCUT2D eigenvalue weighted by molar-refractivity contribution is 6.30. The molecule has 0 spiro atoms. The molecule has 3 aromatic rings. The topological polar surface area (TPSA) is 95.7 Å². The molecule has 1 amide bonds. The van der Waals surface area contributed by atoms with Gasteiger partial charge in [0.05, 0.1) is 6.54 Å². The number of quaternary nitrogens is 1. The molecule has 0 unspecified atom stereocenters. The maximum atomic E-state index is 12.5. The van der Waals surface area contributed by atoms with Crippen LogP contribution in [0, 0.1) is 0 Å². The van der Waals surface area contributed by atoms with Crippen LogP contribution in [0.5, 0.6) is 0 Å². The zero-order valence-electron chi connectivity index (χ0n) is 16.3. The molecule has 0 saturated carbocycles. The quantitative estimate of drug-likeness (QED) is 0.496. The van der Waals surface area contributed by atoms with Gasteiger partial charge in [0, 0.05) is 23.4 Å². The van der Waals surface area contributed by atoms with Crippen molar-refractivity contribution in [2.75, 3.05) is 6.54 Å². The lowest BCUT2D eigenvalue weighted by molar-refractivity contribution is -0.368. The van der Waals surface area contributed by atoms with Gasteiger partial charge in [-0.1, -0.05) is 59.2 Å². The highest BCUT2D eigenvalue weighted by Gasteiger charge is 2.22. The molecular formula is C22H26ClN4O2+. The van der Waals surface area contributed by atoms with Gasteiger partial charge in [0.1, 0.15) is 6.04 Å². The Bertz CT molecular complexity index is 914. The fourth-order valence-electron chi connectivity index (χ4n) is 3.08. The summed E-state index contributed by atoms with van der Waals surface area (Å²) in [6.07, 6.45) is 3.92. The highest BCUT2D eigenvalue weighted by Crippen LogP contribution is 2.23. The van der Waals surface area contributed by atoms with Gasteiger partial charge >= 0.3 is 0 Å². The molecule has 0 bridgehead atoms. The number of nitrogens with zero attached hydrogens (tertiary/aromatic N) is 2. The Morgan fingerprint density at radius 3 is 2.69 bits per heavy atom. The summed E-state index contributed by atoms with van der Waals surface area (Å²) < 4.78 is 5.51. The van der Waals surface area contributed by atoms with Crippen molar-refractivity contribution in [1.82, 2.24) is 15.5 Å². The largest absolute Gasteiger partial charge is 0.358 e. The van der Waals surface area contributed by atoms with Gasteiger partial charge in [0.15, 0.2) is 0 Å². The molecule has 152 valence electrons. The number of rotatable bonds is 10. The lowest BCUT2D eigenvalue weighted by Crippen LogP contribution is -2.50. The van der Waals surface area contributed by atoms with E-state index in [9.17, 15) is 4.79 Å². The maximum absolute atomic E-state index is 12.5. The van der Waals surface area contributed by atoms with Gasteiger partial charge in [-0.3, -0.25) is 4.79 Å². The first-order valence-corrected chi connectivity index (χ1v) is 10.3. The first-order valence-electron chi connectivity index (χ1n) is 9.88. The number of hydrogen-bond acceptors (Lipinski definition) is 4. The molecule has 3 rings (SSSR count). The van der Waals surface area contributed by atoms with E-state index >= 15 is 0 Å². The molecule has 0 saturated heterocycles. The molecule has 1 atom stereocenters. The first kappa shape index (κ1) is 21.0. The van der Waals surface area contributed by atoms with Gasteiger partial charge < -0.3 is 15.6 Å². The fraction of sp³-hybridized carbons (Fsp3) is 0.318. The minimum Gasteiger partial charge on any atom is -0.358 e. The van der Waals surface area contributed by atoms with Gasteiger partial charge in [0.25, 0.3) is 0 Å². The van der Waals surface area contributed by atoms with E-state index in [4.69, 9.17) is 16.1 Å². The van der Waals surface area contributed by atoms with Crippen molar-refractivity contribution in [3.63, 3.8) is 0 Å². The van der Waals surface area contributed by atoms with Crippen LogP contribution >= 0.6 is 11.6 Å². The smallest absolute Gasteiger partial charge is 0.249 e. The van der Waals surface area contributed by atoms with Crippen LogP contribution < -0.4 is 11.1 Å². The summed E-state index contributed by atoms with van der Waals surface area (Å²) in [4.78, 5) is 17.0. The zero-order valence-corrected chi connectivity index (χ0v) is 17.1. The van der Waals surface area contributed by atoms with Crippen molar-refractivity contribution in [2.24, 2.45) is 0 Å². The maximum Gasteiger partial charge on any atom is 0.249 e. The Balaban J connectivity index is 1.75. The number of carbonyl (C=O) groups is 1. The summed E-state index contributed by atoms with van der Waals surface area (Å²) in [5.74, 6) is 0.817. The number of halogens is 1. The lowest BCUT2D eigenvalue weighted by atomic mass is 10.1. The summed E-state index contributed by atoms with van der Waals surface area (Å²) in [6.45, 7) is 0.895. The minimum atomic E-state index is -0.391. The van der Waals surface area contributed by atoms with Gasteiger partial charge in [-0.2, -0.15) is 4.98 Å². The molecule has 0 aliphatic carbocycles. The number of aromatic nitrogens is 2. The molecule has 7 heteroatoms. The number of nitrogens with one attached hydrogen (secondary N) is 1. The van der Waals surface area contributed by atoms with E-state index in [1.807, 2.05) is 42.5 Å². The second-order valence-corrected chi connectivity index (χ2v) is 7.38. The predicted molar refractivity (Wildman–Crippen MR) is 112 cm³/mol. The summed E-state index contributed by atoms with van der Waals surface area (Å²) in [5, 5.41) is 7.74. The Kier molecular flexibility index (Phi) is 7.78. The molecule has 0 aliphatic heterocycles. The van der Waals surface area contributed by atoms with Crippen molar-refractivity contribution in [2.45, 2.75) is 38.1 Å². The second-order valence-electron chi connectivity index (χ2n) is 6.94. The van der Waals surface area contributed by atoms with E-state index < -0.39 is 6.04 Å².